The van der Waals surface area contributed by atoms with Crippen LogP contribution in [0.5, 0.6) is 0 Å². The van der Waals surface area contributed by atoms with Gasteiger partial charge in [0.25, 0.3) is 0 Å². The van der Waals surface area contributed by atoms with E-state index in [1.54, 1.807) is 0 Å². The molecule has 2 fully saturated rings. The van der Waals surface area contributed by atoms with Crippen molar-refractivity contribution in [2.75, 3.05) is 18.0 Å². The molecule has 4 rings (SSSR count). The predicted octanol–water partition coefficient (Wildman–Crippen LogP) is 2.06. The molecule has 4 heteroatoms. The molecule has 0 spiro atoms. The van der Waals surface area contributed by atoms with E-state index in [4.69, 9.17) is 10.5 Å². The number of benzene rings is 1. The minimum atomic E-state index is 0.391. The lowest BCUT2D eigenvalue weighted by molar-refractivity contribution is 0.0306. The zero-order valence-corrected chi connectivity index (χ0v) is 11.5. The molecule has 4 nitrogen and oxygen atoms in total. The molecule has 0 saturated carbocycles. The van der Waals surface area contributed by atoms with E-state index in [9.17, 15) is 0 Å². The molecule has 20 heavy (non-hydrogen) atoms. The Morgan fingerprint density at radius 1 is 1.20 bits per heavy atom. The van der Waals surface area contributed by atoms with E-state index < -0.39 is 0 Å². The number of nitrogens with two attached hydrogens (primary N) is 1. The van der Waals surface area contributed by atoms with E-state index in [-0.39, 0.29) is 0 Å². The minimum Gasteiger partial charge on any atom is -0.371 e. The standard InChI is InChI=1S/C16H19N3O/c17-8-11-7-16(14-3-1-2-4-15(14)18-11)19-9-12-5-6-13(10-19)20-12/h1-4,7,12-13H,5-6,8-10,17H2. The summed E-state index contributed by atoms with van der Waals surface area (Å²) in [5, 5.41) is 1.21. The fourth-order valence-electron chi connectivity index (χ4n) is 3.39. The maximum Gasteiger partial charge on any atom is 0.0755 e. The summed E-state index contributed by atoms with van der Waals surface area (Å²) in [7, 11) is 0. The number of hydrogen-bond acceptors (Lipinski definition) is 4. The average Bonchev–Trinajstić information content (AvgIpc) is 2.84. The van der Waals surface area contributed by atoms with Crippen LogP contribution in [0.4, 0.5) is 5.69 Å². The van der Waals surface area contributed by atoms with Crippen LogP contribution in [-0.4, -0.2) is 30.3 Å². The van der Waals surface area contributed by atoms with Crippen LogP contribution < -0.4 is 10.6 Å². The molecule has 2 aliphatic rings. The first kappa shape index (κ1) is 12.1. The van der Waals surface area contributed by atoms with Crippen molar-refractivity contribution in [2.45, 2.75) is 31.6 Å². The number of anilines is 1. The number of aromatic nitrogens is 1. The highest BCUT2D eigenvalue weighted by molar-refractivity contribution is 5.92. The zero-order chi connectivity index (χ0) is 13.5. The molecule has 3 heterocycles. The molecular formula is C16H19N3O. The summed E-state index contributed by atoms with van der Waals surface area (Å²) in [5.74, 6) is 0. The van der Waals surface area contributed by atoms with E-state index in [0.29, 0.717) is 18.8 Å². The van der Waals surface area contributed by atoms with Crippen LogP contribution in [0.2, 0.25) is 0 Å². The van der Waals surface area contributed by atoms with Crippen LogP contribution in [0, 0.1) is 0 Å². The van der Waals surface area contributed by atoms with Crippen molar-refractivity contribution < 1.29 is 4.74 Å². The SMILES string of the molecule is NCc1cc(N2CC3CCC(C2)O3)c2ccccc2n1. The van der Waals surface area contributed by atoms with Gasteiger partial charge in [0.1, 0.15) is 0 Å². The molecule has 2 saturated heterocycles. The summed E-state index contributed by atoms with van der Waals surface area (Å²) in [6.07, 6.45) is 3.16. The molecule has 1 aromatic heterocycles. The Morgan fingerprint density at radius 2 is 1.95 bits per heavy atom. The van der Waals surface area contributed by atoms with Crippen molar-refractivity contribution in [3.63, 3.8) is 0 Å². The van der Waals surface area contributed by atoms with Crippen molar-refractivity contribution in [2.24, 2.45) is 5.73 Å². The molecule has 2 N–H and O–H groups in total. The average molecular weight is 269 g/mol. The number of morpholine rings is 1. The molecule has 1 aromatic carbocycles. The Balaban J connectivity index is 1.81. The molecule has 0 aliphatic carbocycles. The number of pyridine rings is 1. The number of hydrogen-bond donors (Lipinski definition) is 1. The first-order valence-corrected chi connectivity index (χ1v) is 7.32. The summed E-state index contributed by atoms with van der Waals surface area (Å²) in [5.41, 5.74) is 9.05. The lowest BCUT2D eigenvalue weighted by Crippen LogP contribution is -2.42. The third-order valence-electron chi connectivity index (χ3n) is 4.34. The van der Waals surface area contributed by atoms with Gasteiger partial charge in [0.05, 0.1) is 23.4 Å². The lowest BCUT2D eigenvalue weighted by atomic mass is 10.1. The second-order valence-electron chi connectivity index (χ2n) is 5.72. The highest BCUT2D eigenvalue weighted by atomic mass is 16.5. The molecule has 2 bridgehead atoms. The van der Waals surface area contributed by atoms with E-state index in [1.807, 2.05) is 6.07 Å². The topological polar surface area (TPSA) is 51.4 Å². The van der Waals surface area contributed by atoms with Gasteiger partial charge in [-0.2, -0.15) is 0 Å². The summed E-state index contributed by atoms with van der Waals surface area (Å²) < 4.78 is 5.94. The van der Waals surface area contributed by atoms with Gasteiger partial charge in [-0.15, -0.1) is 0 Å². The normalized spacial score (nSPS) is 25.4. The third kappa shape index (κ3) is 1.96. The van der Waals surface area contributed by atoms with Gasteiger partial charge in [0, 0.05) is 30.7 Å². The van der Waals surface area contributed by atoms with Gasteiger partial charge in [-0.3, -0.25) is 4.98 Å². The van der Waals surface area contributed by atoms with Crippen LogP contribution in [0.3, 0.4) is 0 Å². The van der Waals surface area contributed by atoms with E-state index in [0.717, 1.165) is 24.3 Å². The smallest absolute Gasteiger partial charge is 0.0755 e. The van der Waals surface area contributed by atoms with Gasteiger partial charge in [-0.05, 0) is 25.0 Å². The zero-order valence-electron chi connectivity index (χ0n) is 11.5. The second-order valence-corrected chi connectivity index (χ2v) is 5.72. The molecular weight excluding hydrogens is 250 g/mol. The van der Waals surface area contributed by atoms with Crippen LogP contribution in [-0.2, 0) is 11.3 Å². The number of fused-ring (bicyclic) bond motifs is 3. The quantitative estimate of drug-likeness (QED) is 0.906. The molecule has 104 valence electrons. The monoisotopic (exact) mass is 269 g/mol. The van der Waals surface area contributed by atoms with Gasteiger partial charge >= 0.3 is 0 Å². The Bertz CT molecular complexity index is 631. The van der Waals surface area contributed by atoms with Crippen molar-refractivity contribution in [3.8, 4) is 0 Å². The Kier molecular flexibility index (Phi) is 2.86. The van der Waals surface area contributed by atoms with Gasteiger partial charge in [-0.25, -0.2) is 0 Å². The molecule has 2 aromatic rings. The first-order chi connectivity index (χ1) is 9.83. The summed E-state index contributed by atoms with van der Waals surface area (Å²) in [6, 6.07) is 10.5. The van der Waals surface area contributed by atoms with Crippen LogP contribution in [0.25, 0.3) is 10.9 Å². The van der Waals surface area contributed by atoms with Crippen LogP contribution in [0.15, 0.2) is 30.3 Å². The number of ether oxygens (including phenoxy) is 1. The second kappa shape index (κ2) is 4.72. The largest absolute Gasteiger partial charge is 0.371 e. The van der Waals surface area contributed by atoms with Crippen LogP contribution >= 0.6 is 0 Å². The van der Waals surface area contributed by atoms with Gasteiger partial charge in [-0.1, -0.05) is 18.2 Å². The van der Waals surface area contributed by atoms with Crippen molar-refractivity contribution in [1.82, 2.24) is 4.98 Å². The van der Waals surface area contributed by atoms with E-state index >= 15 is 0 Å². The maximum absolute atomic E-state index is 5.94. The predicted molar refractivity (Wildman–Crippen MR) is 79.7 cm³/mol. The fraction of sp³-hybridized carbons (Fsp3) is 0.438. The Morgan fingerprint density at radius 3 is 2.70 bits per heavy atom. The summed E-state index contributed by atoms with van der Waals surface area (Å²) in [6.45, 7) is 2.44. The molecule has 2 unspecified atom stereocenters. The van der Waals surface area contributed by atoms with Crippen molar-refractivity contribution >= 4 is 16.6 Å². The summed E-state index contributed by atoms with van der Waals surface area (Å²) >= 11 is 0. The molecule has 2 aliphatic heterocycles. The molecule has 0 radical (unpaired) electrons. The number of nitrogens with zero attached hydrogens (tertiary/aromatic N) is 2. The Labute approximate surface area is 118 Å². The summed E-state index contributed by atoms with van der Waals surface area (Å²) in [4.78, 5) is 7.07. The first-order valence-electron chi connectivity index (χ1n) is 7.32. The van der Waals surface area contributed by atoms with Gasteiger partial charge < -0.3 is 15.4 Å². The highest BCUT2D eigenvalue weighted by Crippen LogP contribution is 2.33. The maximum atomic E-state index is 5.94. The third-order valence-corrected chi connectivity index (χ3v) is 4.34. The number of para-hydroxylation sites is 1. The van der Waals surface area contributed by atoms with Gasteiger partial charge in [0.2, 0.25) is 0 Å². The number of rotatable bonds is 2. The van der Waals surface area contributed by atoms with Gasteiger partial charge in [0.15, 0.2) is 0 Å². The van der Waals surface area contributed by atoms with E-state index in [2.05, 4.69) is 34.1 Å². The molecule has 2 atom stereocenters. The van der Waals surface area contributed by atoms with Crippen molar-refractivity contribution in [1.29, 1.82) is 0 Å². The molecule has 0 amide bonds. The van der Waals surface area contributed by atoms with Crippen molar-refractivity contribution in [3.05, 3.63) is 36.0 Å². The lowest BCUT2D eigenvalue weighted by Gasteiger charge is -2.34. The van der Waals surface area contributed by atoms with E-state index in [1.165, 1.54) is 23.9 Å². The highest BCUT2D eigenvalue weighted by Gasteiger charge is 2.34. The minimum absolute atomic E-state index is 0.391. The Hall–Kier alpha value is -1.65. The van der Waals surface area contributed by atoms with Crippen LogP contribution in [0.1, 0.15) is 18.5 Å². The fourth-order valence-corrected chi connectivity index (χ4v) is 3.39.